The van der Waals surface area contributed by atoms with E-state index in [-0.39, 0.29) is 0 Å². The Balaban J connectivity index is 1.96. The average Bonchev–Trinajstić information content (AvgIpc) is 2.41. The molecule has 0 aliphatic carbocycles. The molecule has 19 heavy (non-hydrogen) atoms. The summed E-state index contributed by atoms with van der Waals surface area (Å²) in [5, 5.41) is 0.302. The molecule has 0 saturated heterocycles. The van der Waals surface area contributed by atoms with Gasteiger partial charge in [-0.1, -0.05) is 48.0 Å². The zero-order valence-electron chi connectivity index (χ0n) is 10.9. The molecule has 1 aromatic carbocycles. The number of rotatable bonds is 4. The van der Waals surface area contributed by atoms with Crippen LogP contribution in [0.1, 0.15) is 17.0 Å². The van der Waals surface area contributed by atoms with Gasteiger partial charge in [0.1, 0.15) is 6.61 Å². The Morgan fingerprint density at radius 3 is 2.53 bits per heavy atom. The summed E-state index contributed by atoms with van der Waals surface area (Å²) in [6.45, 7) is 4.16. The predicted molar refractivity (Wildman–Crippen MR) is 77.5 cm³/mol. The smallest absolute Gasteiger partial charge is 0.252 e. The zero-order valence-corrected chi connectivity index (χ0v) is 11.7. The number of aryl methyl sites for hydroxylation is 2. The Labute approximate surface area is 117 Å². The van der Waals surface area contributed by atoms with E-state index in [4.69, 9.17) is 16.3 Å². The van der Waals surface area contributed by atoms with Gasteiger partial charge < -0.3 is 4.74 Å². The molecule has 0 spiro atoms. The van der Waals surface area contributed by atoms with Gasteiger partial charge in [0.2, 0.25) is 0 Å². The van der Waals surface area contributed by atoms with Crippen LogP contribution in [0.3, 0.4) is 0 Å². The molecule has 1 aromatic heterocycles. The summed E-state index contributed by atoms with van der Waals surface area (Å²) >= 11 is 5.97. The molecule has 1 heterocycles. The maximum absolute atomic E-state index is 5.97. The minimum absolute atomic E-state index is 0.302. The Bertz CT molecular complexity index is 582. The third-order valence-corrected chi connectivity index (χ3v) is 2.91. The lowest BCUT2D eigenvalue weighted by Crippen LogP contribution is -2.01. The average molecular weight is 275 g/mol. The van der Waals surface area contributed by atoms with Crippen molar-refractivity contribution >= 4 is 17.7 Å². The summed E-state index contributed by atoms with van der Waals surface area (Å²) in [6.07, 6.45) is 3.91. The number of benzene rings is 1. The van der Waals surface area contributed by atoms with Crippen LogP contribution < -0.4 is 4.74 Å². The lowest BCUT2D eigenvalue weighted by Gasteiger charge is -2.06. The predicted octanol–water partition coefficient (Wildman–Crippen LogP) is 3.84. The summed E-state index contributed by atoms with van der Waals surface area (Å²) < 4.78 is 5.50. The Morgan fingerprint density at radius 2 is 1.79 bits per heavy atom. The van der Waals surface area contributed by atoms with Crippen molar-refractivity contribution in [3.8, 4) is 5.88 Å². The first-order valence-electron chi connectivity index (χ1n) is 6.02. The highest BCUT2D eigenvalue weighted by atomic mass is 35.5. The molecule has 0 amide bonds. The van der Waals surface area contributed by atoms with Crippen LogP contribution in [0.25, 0.3) is 6.08 Å². The van der Waals surface area contributed by atoms with Gasteiger partial charge in [-0.25, -0.2) is 9.97 Å². The standard InChI is InChI=1S/C15H15ClN2O/c1-11-12(2)18-15(14(16)17-11)19-10-6-9-13-7-4-3-5-8-13/h3-9H,10H2,1-2H3. The van der Waals surface area contributed by atoms with Crippen LogP contribution in [0, 0.1) is 13.8 Å². The van der Waals surface area contributed by atoms with Gasteiger partial charge in [-0.15, -0.1) is 0 Å². The highest BCUT2D eigenvalue weighted by Gasteiger charge is 2.07. The van der Waals surface area contributed by atoms with Crippen LogP contribution in [0.5, 0.6) is 5.88 Å². The molecule has 4 heteroatoms. The van der Waals surface area contributed by atoms with E-state index in [1.807, 2.05) is 56.3 Å². The van der Waals surface area contributed by atoms with Gasteiger partial charge >= 0.3 is 0 Å². The molecule has 0 unspecified atom stereocenters. The van der Waals surface area contributed by atoms with Crippen LogP contribution in [0.4, 0.5) is 0 Å². The van der Waals surface area contributed by atoms with Crippen molar-refractivity contribution in [2.45, 2.75) is 13.8 Å². The van der Waals surface area contributed by atoms with Crippen LogP contribution in [-0.4, -0.2) is 16.6 Å². The van der Waals surface area contributed by atoms with E-state index in [0.29, 0.717) is 17.6 Å². The van der Waals surface area contributed by atoms with Crippen molar-refractivity contribution < 1.29 is 4.74 Å². The summed E-state index contributed by atoms with van der Waals surface area (Å²) in [4.78, 5) is 8.43. The Hall–Kier alpha value is -1.87. The lowest BCUT2D eigenvalue weighted by atomic mass is 10.2. The molecule has 0 fully saturated rings. The number of halogens is 1. The largest absolute Gasteiger partial charge is 0.471 e. The minimum atomic E-state index is 0.302. The van der Waals surface area contributed by atoms with Gasteiger partial charge in [0.25, 0.3) is 5.88 Å². The molecular formula is C15H15ClN2O. The van der Waals surface area contributed by atoms with E-state index in [1.165, 1.54) is 0 Å². The molecule has 3 nitrogen and oxygen atoms in total. The van der Waals surface area contributed by atoms with Crippen molar-refractivity contribution in [3.63, 3.8) is 0 Å². The van der Waals surface area contributed by atoms with Gasteiger partial charge in [-0.05, 0) is 25.5 Å². The van der Waals surface area contributed by atoms with Crippen molar-refractivity contribution in [1.29, 1.82) is 0 Å². The second-order valence-corrected chi connectivity index (χ2v) is 4.47. The third kappa shape index (κ3) is 3.80. The van der Waals surface area contributed by atoms with E-state index < -0.39 is 0 Å². The first-order chi connectivity index (χ1) is 9.16. The van der Waals surface area contributed by atoms with Gasteiger partial charge in [0.15, 0.2) is 5.15 Å². The number of hydrogen-bond donors (Lipinski definition) is 0. The van der Waals surface area contributed by atoms with Crippen molar-refractivity contribution in [2.24, 2.45) is 0 Å². The first-order valence-corrected chi connectivity index (χ1v) is 6.40. The van der Waals surface area contributed by atoms with E-state index in [1.54, 1.807) is 0 Å². The van der Waals surface area contributed by atoms with E-state index >= 15 is 0 Å². The van der Waals surface area contributed by atoms with Crippen LogP contribution in [0.15, 0.2) is 36.4 Å². The topological polar surface area (TPSA) is 35.0 Å². The second-order valence-electron chi connectivity index (χ2n) is 4.11. The monoisotopic (exact) mass is 274 g/mol. The van der Waals surface area contributed by atoms with E-state index in [0.717, 1.165) is 17.0 Å². The van der Waals surface area contributed by atoms with Gasteiger partial charge in [-0.2, -0.15) is 0 Å². The molecule has 0 radical (unpaired) electrons. The molecule has 2 rings (SSSR count). The van der Waals surface area contributed by atoms with Crippen LogP contribution in [-0.2, 0) is 0 Å². The molecule has 2 aromatic rings. The third-order valence-electron chi connectivity index (χ3n) is 2.66. The van der Waals surface area contributed by atoms with Crippen molar-refractivity contribution in [3.05, 3.63) is 58.5 Å². The molecule has 0 N–H and O–H groups in total. The highest BCUT2D eigenvalue weighted by Crippen LogP contribution is 2.20. The fraction of sp³-hybridized carbons (Fsp3) is 0.200. The Morgan fingerprint density at radius 1 is 1.11 bits per heavy atom. The minimum Gasteiger partial charge on any atom is -0.471 e. The number of ether oxygens (including phenoxy) is 1. The van der Waals surface area contributed by atoms with E-state index in [2.05, 4.69) is 9.97 Å². The first kappa shape index (κ1) is 13.6. The SMILES string of the molecule is Cc1nc(Cl)c(OCC=Cc2ccccc2)nc1C. The number of hydrogen-bond acceptors (Lipinski definition) is 3. The molecular weight excluding hydrogens is 260 g/mol. The van der Waals surface area contributed by atoms with E-state index in [9.17, 15) is 0 Å². The molecule has 98 valence electrons. The van der Waals surface area contributed by atoms with Gasteiger partial charge in [0.05, 0.1) is 11.4 Å². The molecule has 0 bridgehead atoms. The lowest BCUT2D eigenvalue weighted by molar-refractivity contribution is 0.346. The number of aromatic nitrogens is 2. The summed E-state index contributed by atoms with van der Waals surface area (Å²) in [7, 11) is 0. The van der Waals surface area contributed by atoms with Crippen molar-refractivity contribution in [1.82, 2.24) is 9.97 Å². The summed E-state index contributed by atoms with van der Waals surface area (Å²) in [5.41, 5.74) is 2.77. The van der Waals surface area contributed by atoms with Crippen molar-refractivity contribution in [2.75, 3.05) is 6.61 Å². The fourth-order valence-electron chi connectivity index (χ4n) is 1.52. The van der Waals surface area contributed by atoms with Gasteiger partial charge in [0, 0.05) is 0 Å². The summed E-state index contributed by atoms with van der Waals surface area (Å²) in [6, 6.07) is 10.0. The maximum atomic E-state index is 5.97. The Kier molecular flexibility index (Phi) is 4.53. The molecule has 0 atom stereocenters. The maximum Gasteiger partial charge on any atom is 0.252 e. The summed E-state index contributed by atoms with van der Waals surface area (Å²) in [5.74, 6) is 0.377. The quantitative estimate of drug-likeness (QED) is 0.850. The second kappa shape index (κ2) is 6.34. The normalized spacial score (nSPS) is 10.9. The molecule has 0 aliphatic heterocycles. The molecule has 0 saturated carbocycles. The highest BCUT2D eigenvalue weighted by molar-refractivity contribution is 6.30. The zero-order chi connectivity index (χ0) is 13.7. The fourth-order valence-corrected chi connectivity index (χ4v) is 1.75. The van der Waals surface area contributed by atoms with Gasteiger partial charge in [-0.3, -0.25) is 0 Å². The van der Waals surface area contributed by atoms with Crippen LogP contribution >= 0.6 is 11.6 Å². The van der Waals surface area contributed by atoms with Crippen LogP contribution in [0.2, 0.25) is 5.15 Å². The molecule has 0 aliphatic rings. The number of nitrogens with zero attached hydrogens (tertiary/aromatic N) is 2.